The van der Waals surface area contributed by atoms with E-state index in [1.165, 1.54) is 0 Å². The second-order valence-electron chi connectivity index (χ2n) is 8.00. The first kappa shape index (κ1) is 23.6. The maximum atomic E-state index is 13.5. The van der Waals surface area contributed by atoms with Crippen molar-refractivity contribution >= 4 is 12.4 Å². The molecule has 0 unspecified atom stereocenters. The molecule has 1 amide bonds. The van der Waals surface area contributed by atoms with Gasteiger partial charge in [-0.05, 0) is 36.8 Å². The number of hydrogen-bond donors (Lipinski definition) is 2. The van der Waals surface area contributed by atoms with E-state index in [0.29, 0.717) is 47.3 Å². The average Bonchev–Trinajstić information content (AvgIpc) is 3.31. The molecule has 2 aromatic heterocycles. The van der Waals surface area contributed by atoms with Crippen molar-refractivity contribution in [3.63, 3.8) is 0 Å². The lowest BCUT2D eigenvalue weighted by atomic mass is 9.81. The highest BCUT2D eigenvalue weighted by molar-refractivity contribution is 5.96. The summed E-state index contributed by atoms with van der Waals surface area (Å²) in [4.78, 5) is 30.7. The predicted octanol–water partition coefficient (Wildman–Crippen LogP) is 3.91. The van der Waals surface area contributed by atoms with Gasteiger partial charge in [-0.25, -0.2) is 0 Å². The number of amides is 1. The molecule has 0 aliphatic carbocycles. The van der Waals surface area contributed by atoms with Gasteiger partial charge in [-0.3, -0.25) is 14.6 Å². The standard InChI is InChI=1S/C25H22N4O3.CH2O2/c1-16-8-10-20(11-9-16)25(12-14-31-21-7-4-13-26-22(21)25)28-24(30)19-6-3-5-18(15-19)23-27-17(2)32-29-23;2-1-3/h3-11,13,15H,12,14H2,1-2H3,(H,28,30);1H,(H,2,3)/t25-;/m0./s1. The molecular weight excluding hydrogens is 448 g/mol. The third kappa shape index (κ3) is 4.89. The number of carboxylic acid groups (broad SMARTS) is 1. The van der Waals surface area contributed by atoms with Crippen LogP contribution in [0.25, 0.3) is 11.4 Å². The Kier molecular flexibility index (Phi) is 6.86. The smallest absolute Gasteiger partial charge is 0.290 e. The van der Waals surface area contributed by atoms with Gasteiger partial charge in [-0.15, -0.1) is 0 Å². The Balaban J connectivity index is 0.000000917. The molecule has 1 aliphatic heterocycles. The van der Waals surface area contributed by atoms with Crippen LogP contribution in [0.4, 0.5) is 0 Å². The van der Waals surface area contributed by atoms with Crippen LogP contribution < -0.4 is 10.1 Å². The van der Waals surface area contributed by atoms with Crippen LogP contribution in [0.5, 0.6) is 5.75 Å². The van der Waals surface area contributed by atoms with E-state index in [-0.39, 0.29) is 12.4 Å². The minimum atomic E-state index is -0.807. The number of nitrogens with one attached hydrogen (secondary N) is 1. The molecule has 35 heavy (non-hydrogen) atoms. The zero-order valence-corrected chi connectivity index (χ0v) is 19.3. The zero-order valence-electron chi connectivity index (χ0n) is 19.3. The molecule has 4 aromatic rings. The first-order chi connectivity index (χ1) is 17.0. The first-order valence-electron chi connectivity index (χ1n) is 10.9. The molecule has 3 heterocycles. The maximum Gasteiger partial charge on any atom is 0.290 e. The van der Waals surface area contributed by atoms with E-state index in [2.05, 4.69) is 20.4 Å². The van der Waals surface area contributed by atoms with E-state index in [1.54, 1.807) is 25.3 Å². The Hall–Kier alpha value is -4.53. The van der Waals surface area contributed by atoms with Crippen LogP contribution in [-0.2, 0) is 10.3 Å². The fourth-order valence-electron chi connectivity index (χ4n) is 4.06. The molecule has 0 fully saturated rings. The van der Waals surface area contributed by atoms with Crippen molar-refractivity contribution < 1.29 is 24.0 Å². The molecule has 0 saturated carbocycles. The van der Waals surface area contributed by atoms with Gasteiger partial charge < -0.3 is 19.7 Å². The van der Waals surface area contributed by atoms with Gasteiger partial charge in [-0.2, -0.15) is 4.98 Å². The van der Waals surface area contributed by atoms with Crippen molar-refractivity contribution in [3.05, 3.63) is 95.1 Å². The second-order valence-corrected chi connectivity index (χ2v) is 8.00. The highest BCUT2D eigenvalue weighted by Gasteiger charge is 2.42. The number of fused-ring (bicyclic) bond motifs is 1. The zero-order chi connectivity index (χ0) is 24.8. The fraction of sp³-hybridized carbons (Fsp3) is 0.192. The summed E-state index contributed by atoms with van der Waals surface area (Å²) in [6, 6.07) is 19.1. The highest BCUT2D eigenvalue weighted by atomic mass is 16.5. The number of benzene rings is 2. The van der Waals surface area contributed by atoms with Crippen molar-refractivity contribution in [1.82, 2.24) is 20.4 Å². The van der Waals surface area contributed by atoms with Crippen LogP contribution in [-0.4, -0.2) is 39.2 Å². The van der Waals surface area contributed by atoms with Crippen LogP contribution in [0.1, 0.15) is 39.5 Å². The van der Waals surface area contributed by atoms with E-state index in [1.807, 2.05) is 55.5 Å². The maximum absolute atomic E-state index is 13.5. The number of ether oxygens (including phenoxy) is 1. The van der Waals surface area contributed by atoms with E-state index in [9.17, 15) is 4.79 Å². The molecular formula is C26H24N4O5. The Labute approximate surface area is 201 Å². The largest absolute Gasteiger partial charge is 0.491 e. The number of hydrogen-bond acceptors (Lipinski definition) is 7. The predicted molar refractivity (Wildman–Crippen MR) is 127 cm³/mol. The highest BCUT2D eigenvalue weighted by Crippen LogP contribution is 2.40. The number of rotatable bonds is 4. The minimum Gasteiger partial charge on any atom is -0.491 e. The molecule has 178 valence electrons. The molecule has 1 atom stereocenters. The van der Waals surface area contributed by atoms with Gasteiger partial charge in [0.1, 0.15) is 17.0 Å². The summed E-state index contributed by atoms with van der Waals surface area (Å²) >= 11 is 0. The normalized spacial score (nSPS) is 16.2. The number of nitrogens with zero attached hydrogens (tertiary/aromatic N) is 3. The Morgan fingerprint density at radius 3 is 2.60 bits per heavy atom. The average molecular weight is 473 g/mol. The van der Waals surface area contributed by atoms with Crippen LogP contribution in [0, 0.1) is 13.8 Å². The summed E-state index contributed by atoms with van der Waals surface area (Å²) in [6.45, 7) is 3.99. The second kappa shape index (κ2) is 10.2. The third-order valence-electron chi connectivity index (χ3n) is 5.69. The SMILES string of the molecule is Cc1ccc([C@@]2(NC(=O)c3cccc(-c4noc(C)n4)c3)CCOc3cccnc32)cc1.O=CO. The van der Waals surface area contributed by atoms with Crippen molar-refractivity contribution in [1.29, 1.82) is 0 Å². The van der Waals surface area contributed by atoms with E-state index in [0.717, 1.165) is 11.1 Å². The molecule has 2 N–H and O–H groups in total. The number of aromatic nitrogens is 3. The molecule has 0 bridgehead atoms. The number of pyridine rings is 1. The monoisotopic (exact) mass is 472 g/mol. The van der Waals surface area contributed by atoms with Gasteiger partial charge in [0.05, 0.1) is 6.61 Å². The minimum absolute atomic E-state index is 0.217. The van der Waals surface area contributed by atoms with Gasteiger partial charge in [0.15, 0.2) is 0 Å². The van der Waals surface area contributed by atoms with Crippen molar-refractivity contribution in [2.45, 2.75) is 25.8 Å². The fourth-order valence-corrected chi connectivity index (χ4v) is 4.06. The molecule has 9 heteroatoms. The van der Waals surface area contributed by atoms with Crippen LogP contribution >= 0.6 is 0 Å². The summed E-state index contributed by atoms with van der Waals surface area (Å²) in [7, 11) is 0. The van der Waals surface area contributed by atoms with Crippen molar-refractivity contribution in [3.8, 4) is 17.1 Å². The van der Waals surface area contributed by atoms with E-state index in [4.69, 9.17) is 19.2 Å². The third-order valence-corrected chi connectivity index (χ3v) is 5.69. The topological polar surface area (TPSA) is 127 Å². The van der Waals surface area contributed by atoms with Gasteiger partial charge in [0.25, 0.3) is 12.4 Å². The lowest BCUT2D eigenvalue weighted by Crippen LogP contribution is -2.50. The quantitative estimate of drug-likeness (QED) is 0.428. The number of aryl methyl sites for hydroxylation is 2. The lowest BCUT2D eigenvalue weighted by molar-refractivity contribution is -0.122. The first-order valence-corrected chi connectivity index (χ1v) is 10.9. The summed E-state index contributed by atoms with van der Waals surface area (Å²) in [5.74, 6) is 1.38. The van der Waals surface area contributed by atoms with Gasteiger partial charge >= 0.3 is 0 Å². The van der Waals surface area contributed by atoms with Crippen molar-refractivity contribution in [2.24, 2.45) is 0 Å². The molecule has 0 spiro atoms. The summed E-state index contributed by atoms with van der Waals surface area (Å²) < 4.78 is 10.9. The molecule has 9 nitrogen and oxygen atoms in total. The van der Waals surface area contributed by atoms with E-state index < -0.39 is 5.54 Å². The van der Waals surface area contributed by atoms with Crippen LogP contribution in [0.3, 0.4) is 0 Å². The van der Waals surface area contributed by atoms with E-state index >= 15 is 0 Å². The molecule has 0 saturated heterocycles. The van der Waals surface area contributed by atoms with Crippen LogP contribution in [0.2, 0.25) is 0 Å². The van der Waals surface area contributed by atoms with Gasteiger partial charge in [0.2, 0.25) is 11.7 Å². The molecule has 5 rings (SSSR count). The summed E-state index contributed by atoms with van der Waals surface area (Å²) in [5, 5.41) is 14.1. The lowest BCUT2D eigenvalue weighted by Gasteiger charge is -2.39. The van der Waals surface area contributed by atoms with Gasteiger partial charge in [-0.1, -0.05) is 47.1 Å². The Bertz CT molecular complexity index is 1340. The molecule has 2 aromatic carbocycles. The van der Waals surface area contributed by atoms with Crippen LogP contribution in [0.15, 0.2) is 71.4 Å². The Morgan fingerprint density at radius 2 is 1.89 bits per heavy atom. The number of carbonyl (C=O) groups excluding carboxylic acids is 1. The van der Waals surface area contributed by atoms with Crippen molar-refractivity contribution in [2.75, 3.05) is 6.61 Å². The summed E-state index contributed by atoms with van der Waals surface area (Å²) in [6.07, 6.45) is 2.29. The molecule has 1 aliphatic rings. The summed E-state index contributed by atoms with van der Waals surface area (Å²) in [5.41, 5.74) is 3.22. The number of carbonyl (C=O) groups is 2. The molecule has 0 radical (unpaired) electrons. The Morgan fingerprint density at radius 1 is 1.11 bits per heavy atom. The van der Waals surface area contributed by atoms with Gasteiger partial charge in [0, 0.05) is 30.7 Å².